The summed E-state index contributed by atoms with van der Waals surface area (Å²) >= 11 is 9.30. The Labute approximate surface area is 110 Å². The van der Waals surface area contributed by atoms with Crippen molar-refractivity contribution in [3.8, 4) is 0 Å². The fraction of sp³-hybridized carbons (Fsp3) is 0.500. The summed E-state index contributed by atoms with van der Waals surface area (Å²) in [5, 5.41) is 13.9. The van der Waals surface area contributed by atoms with E-state index in [0.29, 0.717) is 11.6 Å². The highest BCUT2D eigenvalue weighted by Crippen LogP contribution is 2.26. The SMILES string of the molecule is CC(C)(C)NCC(O)c1cc(Cl)ccc1Br. The maximum absolute atomic E-state index is 10.0. The summed E-state index contributed by atoms with van der Waals surface area (Å²) < 4.78 is 0.875. The van der Waals surface area contributed by atoms with Gasteiger partial charge in [0.25, 0.3) is 0 Å². The molecule has 0 radical (unpaired) electrons. The van der Waals surface area contributed by atoms with E-state index in [1.807, 2.05) is 6.07 Å². The molecule has 1 atom stereocenters. The number of benzene rings is 1. The van der Waals surface area contributed by atoms with Crippen molar-refractivity contribution in [1.82, 2.24) is 5.32 Å². The fourth-order valence-corrected chi connectivity index (χ4v) is 1.97. The van der Waals surface area contributed by atoms with Gasteiger partial charge < -0.3 is 10.4 Å². The van der Waals surface area contributed by atoms with Crippen molar-refractivity contribution in [3.63, 3.8) is 0 Å². The van der Waals surface area contributed by atoms with Crippen LogP contribution in [0.3, 0.4) is 0 Å². The van der Waals surface area contributed by atoms with Crippen molar-refractivity contribution in [2.24, 2.45) is 0 Å². The molecule has 0 aliphatic carbocycles. The van der Waals surface area contributed by atoms with Gasteiger partial charge in [0.2, 0.25) is 0 Å². The van der Waals surface area contributed by atoms with E-state index in [-0.39, 0.29) is 5.54 Å². The first-order valence-corrected chi connectivity index (χ1v) is 6.35. The number of hydrogen-bond donors (Lipinski definition) is 2. The molecule has 1 unspecified atom stereocenters. The minimum absolute atomic E-state index is 0.00791. The highest BCUT2D eigenvalue weighted by molar-refractivity contribution is 9.10. The van der Waals surface area contributed by atoms with Crippen molar-refractivity contribution in [1.29, 1.82) is 0 Å². The van der Waals surface area contributed by atoms with Crippen molar-refractivity contribution in [3.05, 3.63) is 33.3 Å². The van der Waals surface area contributed by atoms with Crippen LogP contribution < -0.4 is 5.32 Å². The van der Waals surface area contributed by atoms with Crippen molar-refractivity contribution in [2.45, 2.75) is 32.4 Å². The third-order valence-electron chi connectivity index (χ3n) is 2.14. The Bertz CT molecular complexity index is 363. The lowest BCUT2D eigenvalue weighted by atomic mass is 10.1. The van der Waals surface area contributed by atoms with Crippen LogP contribution >= 0.6 is 27.5 Å². The van der Waals surface area contributed by atoms with Crippen molar-refractivity contribution < 1.29 is 5.11 Å². The molecule has 2 N–H and O–H groups in total. The molecule has 1 aromatic carbocycles. The molecule has 0 heterocycles. The molecule has 1 rings (SSSR count). The maximum atomic E-state index is 10.0. The largest absolute Gasteiger partial charge is 0.387 e. The summed E-state index contributed by atoms with van der Waals surface area (Å²) in [5.74, 6) is 0. The summed E-state index contributed by atoms with van der Waals surface area (Å²) in [5.41, 5.74) is 0.802. The molecule has 0 saturated carbocycles. The van der Waals surface area contributed by atoms with E-state index in [0.717, 1.165) is 10.0 Å². The standard InChI is InChI=1S/C12H17BrClNO/c1-12(2,3)15-7-11(16)9-6-8(14)4-5-10(9)13/h4-6,11,15-16H,7H2,1-3H3. The fourth-order valence-electron chi connectivity index (χ4n) is 1.28. The summed E-state index contributed by atoms with van der Waals surface area (Å²) in [6.45, 7) is 6.69. The molecule has 0 aliphatic heterocycles. The molecule has 0 saturated heterocycles. The first-order valence-electron chi connectivity index (χ1n) is 5.17. The molecule has 16 heavy (non-hydrogen) atoms. The lowest BCUT2D eigenvalue weighted by Crippen LogP contribution is -2.38. The maximum Gasteiger partial charge on any atom is 0.0925 e. The third kappa shape index (κ3) is 4.42. The number of rotatable bonds is 3. The Morgan fingerprint density at radius 1 is 1.44 bits per heavy atom. The second-order valence-electron chi connectivity index (χ2n) is 4.81. The monoisotopic (exact) mass is 305 g/mol. The Hall–Kier alpha value is -0.0900. The third-order valence-corrected chi connectivity index (χ3v) is 3.10. The predicted octanol–water partition coefficient (Wildman–Crippen LogP) is 3.52. The van der Waals surface area contributed by atoms with E-state index >= 15 is 0 Å². The van der Waals surface area contributed by atoms with Gasteiger partial charge in [-0.2, -0.15) is 0 Å². The topological polar surface area (TPSA) is 32.3 Å². The minimum Gasteiger partial charge on any atom is -0.387 e. The first kappa shape index (κ1) is 14.0. The summed E-state index contributed by atoms with van der Waals surface area (Å²) in [7, 11) is 0. The number of β-amino-alcohol motifs (C(OH)–C–C–N with tert-alkyl or cyclic N) is 1. The van der Waals surface area contributed by atoms with Gasteiger partial charge in [-0.05, 0) is 44.5 Å². The van der Waals surface area contributed by atoms with Crippen LogP contribution in [0.25, 0.3) is 0 Å². The number of aliphatic hydroxyl groups excluding tert-OH is 1. The molecule has 0 amide bonds. The zero-order valence-corrected chi connectivity index (χ0v) is 12.1. The molecule has 0 aliphatic rings. The summed E-state index contributed by atoms with van der Waals surface area (Å²) in [6, 6.07) is 5.41. The van der Waals surface area contributed by atoms with Gasteiger partial charge in [-0.25, -0.2) is 0 Å². The average Bonchev–Trinajstić information content (AvgIpc) is 2.17. The first-order chi connectivity index (χ1) is 7.29. The second kappa shape index (κ2) is 5.50. The van der Waals surface area contributed by atoms with E-state index in [1.54, 1.807) is 12.1 Å². The molecule has 0 bridgehead atoms. The minimum atomic E-state index is -0.563. The summed E-state index contributed by atoms with van der Waals surface area (Å²) in [6.07, 6.45) is -0.563. The summed E-state index contributed by atoms with van der Waals surface area (Å²) in [4.78, 5) is 0. The van der Waals surface area contributed by atoms with Gasteiger partial charge in [0.05, 0.1) is 6.10 Å². The van der Waals surface area contributed by atoms with Crippen molar-refractivity contribution in [2.75, 3.05) is 6.54 Å². The van der Waals surface area contributed by atoms with Gasteiger partial charge in [0.15, 0.2) is 0 Å². The van der Waals surface area contributed by atoms with Gasteiger partial charge in [0.1, 0.15) is 0 Å². The van der Waals surface area contributed by atoms with Gasteiger partial charge in [-0.1, -0.05) is 27.5 Å². The van der Waals surface area contributed by atoms with E-state index in [2.05, 4.69) is 42.0 Å². The van der Waals surface area contributed by atoms with E-state index in [9.17, 15) is 5.11 Å². The van der Waals surface area contributed by atoms with Gasteiger partial charge in [0, 0.05) is 21.6 Å². The molecule has 2 nitrogen and oxygen atoms in total. The van der Waals surface area contributed by atoms with E-state index in [4.69, 9.17) is 11.6 Å². The van der Waals surface area contributed by atoms with E-state index in [1.165, 1.54) is 0 Å². The Kier molecular flexibility index (Phi) is 4.80. The number of nitrogens with one attached hydrogen (secondary N) is 1. The second-order valence-corrected chi connectivity index (χ2v) is 6.10. The van der Waals surface area contributed by atoms with Gasteiger partial charge in [-0.15, -0.1) is 0 Å². The quantitative estimate of drug-likeness (QED) is 0.895. The highest BCUT2D eigenvalue weighted by Gasteiger charge is 2.15. The number of halogens is 2. The van der Waals surface area contributed by atoms with E-state index < -0.39 is 6.10 Å². The van der Waals surface area contributed by atoms with Crippen molar-refractivity contribution >= 4 is 27.5 Å². The molecule has 0 aromatic heterocycles. The Balaban J connectivity index is 2.73. The Morgan fingerprint density at radius 2 is 2.06 bits per heavy atom. The molecular formula is C12H17BrClNO. The van der Waals surface area contributed by atoms with Crippen LogP contribution in [0.15, 0.2) is 22.7 Å². The molecule has 1 aromatic rings. The van der Waals surface area contributed by atoms with Crippen LogP contribution in [0.2, 0.25) is 5.02 Å². The van der Waals surface area contributed by atoms with Crippen LogP contribution in [0, 0.1) is 0 Å². The number of hydrogen-bond acceptors (Lipinski definition) is 2. The average molecular weight is 307 g/mol. The van der Waals surface area contributed by atoms with Gasteiger partial charge in [-0.3, -0.25) is 0 Å². The lowest BCUT2D eigenvalue weighted by molar-refractivity contribution is 0.162. The zero-order chi connectivity index (χ0) is 12.3. The van der Waals surface area contributed by atoms with Crippen LogP contribution in [-0.2, 0) is 0 Å². The highest BCUT2D eigenvalue weighted by atomic mass is 79.9. The molecule has 4 heteroatoms. The normalized spacial score (nSPS) is 13.9. The number of aliphatic hydroxyl groups is 1. The van der Waals surface area contributed by atoms with Crippen LogP contribution in [0.1, 0.15) is 32.4 Å². The smallest absolute Gasteiger partial charge is 0.0925 e. The van der Waals surface area contributed by atoms with Crippen LogP contribution in [0.4, 0.5) is 0 Å². The zero-order valence-electron chi connectivity index (χ0n) is 9.72. The lowest BCUT2D eigenvalue weighted by Gasteiger charge is -2.23. The predicted molar refractivity (Wildman–Crippen MR) is 71.9 cm³/mol. The van der Waals surface area contributed by atoms with Crippen LogP contribution in [0.5, 0.6) is 0 Å². The molecule has 90 valence electrons. The molecular weight excluding hydrogens is 289 g/mol. The van der Waals surface area contributed by atoms with Crippen LogP contribution in [-0.4, -0.2) is 17.2 Å². The molecule has 0 spiro atoms. The Morgan fingerprint density at radius 3 is 2.62 bits per heavy atom. The molecule has 0 fully saturated rings. The van der Waals surface area contributed by atoms with Gasteiger partial charge >= 0.3 is 0 Å².